The average molecular weight is 992 g/mol. The zero-order valence-corrected chi connectivity index (χ0v) is 39.8. The molecular formula is C43H51BrN4O16S. The third-order valence-corrected chi connectivity index (χ3v) is 13.5. The number of amides is 1. The molecule has 7 rings (SSSR count). The number of rotatable bonds is 16. The number of benzene rings is 3. The standard InChI is InChI=1S/C43H51BrN4O16S/c1-23-19-27-31(33(60-39(51)64-40(2,3)4)30-26(32(27)54-5)11-10-12-28(30)49)34-29(23)35-36-42(57-8,61-34)41(21-44,43(62-35,63-36)37(55-6)56-7)59-22-48(17-18-65(9,52)53)38(50)58-20-24-13-15-25(16-14-24)46-47-45/h13-16,19,35-37H,10-12,17-18,20-22H2,1-9H3/t35?,36?,41-,42+,43?/m0/s1. The Morgan fingerprint density at radius 1 is 1.08 bits per heavy atom. The third-order valence-electron chi connectivity index (χ3n) is 11.8. The predicted molar refractivity (Wildman–Crippen MR) is 233 cm³/mol. The summed E-state index contributed by atoms with van der Waals surface area (Å²) in [5.74, 6) is -4.49. The normalized spacial score (nSPS) is 24.2. The molecule has 0 spiro atoms. The molecule has 2 fully saturated rings. The van der Waals surface area contributed by atoms with Gasteiger partial charge in [-0.15, -0.1) is 0 Å². The fourth-order valence-electron chi connectivity index (χ4n) is 9.03. The maximum Gasteiger partial charge on any atom is 0.514 e. The van der Waals surface area contributed by atoms with Crippen molar-refractivity contribution in [3.63, 3.8) is 0 Å². The summed E-state index contributed by atoms with van der Waals surface area (Å²) in [6.45, 7) is 5.62. The van der Waals surface area contributed by atoms with Crippen molar-refractivity contribution in [2.24, 2.45) is 5.11 Å². The molecule has 3 aliphatic heterocycles. The van der Waals surface area contributed by atoms with Crippen LogP contribution in [0.25, 0.3) is 21.2 Å². The number of halogens is 1. The lowest BCUT2D eigenvalue weighted by Crippen LogP contribution is -2.77. The van der Waals surface area contributed by atoms with Crippen molar-refractivity contribution in [2.75, 3.05) is 59.1 Å². The highest BCUT2D eigenvalue weighted by Gasteiger charge is 2.88. The number of fused-ring (bicyclic) bond motifs is 6. The van der Waals surface area contributed by atoms with Gasteiger partial charge in [0, 0.05) is 73.0 Å². The molecule has 0 radical (unpaired) electrons. The Morgan fingerprint density at radius 2 is 1.78 bits per heavy atom. The zero-order chi connectivity index (χ0) is 47.3. The Labute approximate surface area is 383 Å². The van der Waals surface area contributed by atoms with Crippen LogP contribution < -0.4 is 14.2 Å². The number of ether oxygens (including phenoxy) is 11. The SMILES string of the molecule is COc1c2c(c(OC(=O)OC(C)(C)C)c3c4c(c(C)cc13)C1OC3(C(OC)OC)OC1[C@@](OC)(O4)[C@]3(CBr)OCN(CCS(C)(=O)=O)C(=O)OCc1ccc(N=[N+]=[N-])cc1)C(=O)CCC2. The van der Waals surface area contributed by atoms with Crippen LogP contribution >= 0.6 is 15.9 Å². The van der Waals surface area contributed by atoms with E-state index in [0.29, 0.717) is 51.9 Å². The van der Waals surface area contributed by atoms with Crippen LogP contribution in [0.1, 0.15) is 72.3 Å². The number of aryl methyl sites for hydroxylation is 1. The van der Waals surface area contributed by atoms with E-state index < -0.39 is 75.8 Å². The summed E-state index contributed by atoms with van der Waals surface area (Å²) in [6, 6.07) is 8.13. The topological polar surface area (TPSA) is 239 Å². The highest BCUT2D eigenvalue weighted by Crippen LogP contribution is 2.69. The van der Waals surface area contributed by atoms with Crippen molar-refractivity contribution in [2.45, 2.75) is 94.8 Å². The highest BCUT2D eigenvalue weighted by atomic mass is 79.9. The number of carbonyl (C=O) groups excluding carboxylic acids is 3. The molecule has 2 bridgehead atoms. The van der Waals surface area contributed by atoms with Crippen LogP contribution in [0, 0.1) is 6.92 Å². The lowest BCUT2D eigenvalue weighted by molar-refractivity contribution is -0.402. The molecule has 65 heavy (non-hydrogen) atoms. The van der Waals surface area contributed by atoms with Gasteiger partial charge in [0.2, 0.25) is 11.9 Å². The number of nitrogens with zero attached hydrogens (tertiary/aromatic N) is 4. The average Bonchev–Trinajstić information content (AvgIpc) is 3.76. The monoisotopic (exact) mass is 990 g/mol. The number of ketones is 1. The minimum atomic E-state index is -3.63. The third kappa shape index (κ3) is 8.26. The van der Waals surface area contributed by atoms with Gasteiger partial charge in [0.1, 0.15) is 46.4 Å². The maximum atomic E-state index is 14.0. The minimum absolute atomic E-state index is 0.0837. The molecule has 5 atom stereocenters. The molecule has 3 aromatic rings. The molecule has 22 heteroatoms. The number of carbonyl (C=O) groups is 3. The molecule has 3 heterocycles. The van der Waals surface area contributed by atoms with Crippen LogP contribution in [0.3, 0.4) is 0 Å². The number of hydrogen-bond acceptors (Lipinski definition) is 17. The summed E-state index contributed by atoms with van der Waals surface area (Å²) in [4.78, 5) is 45.3. The van der Waals surface area contributed by atoms with Gasteiger partial charge in [-0.1, -0.05) is 45.3 Å². The molecule has 3 unspecified atom stereocenters. The lowest BCUT2D eigenvalue weighted by atomic mass is 9.76. The van der Waals surface area contributed by atoms with Gasteiger partial charge < -0.3 is 52.1 Å². The number of alkyl halides is 1. The summed E-state index contributed by atoms with van der Waals surface area (Å²) in [7, 11) is 1.95. The van der Waals surface area contributed by atoms with E-state index in [1.165, 1.54) is 28.4 Å². The molecule has 352 valence electrons. The molecule has 4 aliphatic rings. The largest absolute Gasteiger partial charge is 0.514 e. The Balaban J connectivity index is 1.39. The number of methoxy groups -OCH3 is 4. The van der Waals surface area contributed by atoms with Gasteiger partial charge in [0.05, 0.1) is 23.8 Å². The Bertz CT molecular complexity index is 2540. The molecule has 0 N–H and O–H groups in total. The first-order chi connectivity index (χ1) is 30.8. The molecule has 1 aliphatic carbocycles. The van der Waals surface area contributed by atoms with E-state index in [9.17, 15) is 22.8 Å². The van der Waals surface area contributed by atoms with Crippen molar-refractivity contribution in [3.8, 4) is 17.2 Å². The van der Waals surface area contributed by atoms with E-state index in [2.05, 4.69) is 26.0 Å². The second-order valence-electron chi connectivity index (χ2n) is 17.0. The lowest BCUT2D eigenvalue weighted by Gasteiger charge is -2.56. The van der Waals surface area contributed by atoms with Gasteiger partial charge in [0.25, 0.3) is 11.6 Å². The maximum absolute atomic E-state index is 14.0. The Hall–Kier alpha value is -4.77. The molecular weight excluding hydrogens is 940 g/mol. The van der Waals surface area contributed by atoms with E-state index in [1.807, 2.05) is 13.0 Å². The van der Waals surface area contributed by atoms with E-state index >= 15 is 0 Å². The second kappa shape index (κ2) is 18.1. The smallest absolute Gasteiger partial charge is 0.496 e. The Kier molecular flexibility index (Phi) is 13.4. The quantitative estimate of drug-likeness (QED) is 0.0261. The summed E-state index contributed by atoms with van der Waals surface area (Å²) < 4.78 is 94.3. The van der Waals surface area contributed by atoms with Gasteiger partial charge in [-0.3, -0.25) is 9.69 Å². The summed E-state index contributed by atoms with van der Waals surface area (Å²) in [6.07, 6.45) is -3.35. The van der Waals surface area contributed by atoms with E-state index in [0.717, 1.165) is 11.2 Å². The van der Waals surface area contributed by atoms with Gasteiger partial charge in [-0.05, 0) is 63.3 Å². The molecule has 2 saturated heterocycles. The van der Waals surface area contributed by atoms with Crippen LogP contribution in [-0.4, -0.2) is 126 Å². The van der Waals surface area contributed by atoms with Gasteiger partial charge in [-0.25, -0.2) is 18.0 Å². The number of hydrogen-bond donors (Lipinski definition) is 0. The number of Topliss-reactive ketones (excluding diaryl/α,β-unsaturated/α-hetero) is 1. The van der Waals surface area contributed by atoms with Crippen molar-refractivity contribution in [1.82, 2.24) is 4.90 Å². The predicted octanol–water partition coefficient (Wildman–Crippen LogP) is 7.24. The van der Waals surface area contributed by atoms with Crippen molar-refractivity contribution in [3.05, 3.63) is 68.6 Å². The van der Waals surface area contributed by atoms with Crippen molar-refractivity contribution < 1.29 is 74.9 Å². The molecule has 3 aromatic carbocycles. The van der Waals surface area contributed by atoms with Crippen molar-refractivity contribution >= 4 is 60.3 Å². The van der Waals surface area contributed by atoms with E-state index in [4.69, 9.17) is 57.6 Å². The van der Waals surface area contributed by atoms with E-state index in [1.54, 1.807) is 45.0 Å². The van der Waals surface area contributed by atoms with Gasteiger partial charge in [-0.2, -0.15) is 0 Å². The van der Waals surface area contributed by atoms with Crippen LogP contribution in [0.5, 0.6) is 17.2 Å². The molecule has 20 nitrogen and oxygen atoms in total. The number of azide groups is 1. The van der Waals surface area contributed by atoms with E-state index in [-0.39, 0.29) is 53.1 Å². The highest BCUT2D eigenvalue weighted by molar-refractivity contribution is 9.09. The summed E-state index contributed by atoms with van der Waals surface area (Å²) >= 11 is 3.63. The zero-order valence-electron chi connectivity index (χ0n) is 37.4. The molecule has 1 amide bonds. The van der Waals surface area contributed by atoms with Crippen LogP contribution in [0.15, 0.2) is 35.4 Å². The molecule has 0 saturated carbocycles. The Morgan fingerprint density at radius 3 is 2.38 bits per heavy atom. The van der Waals surface area contributed by atoms with Crippen LogP contribution in [0.2, 0.25) is 0 Å². The first-order valence-corrected chi connectivity index (χ1v) is 23.7. The fourth-order valence-corrected chi connectivity index (χ4v) is 10.5. The van der Waals surface area contributed by atoms with Gasteiger partial charge in [0.15, 0.2) is 17.6 Å². The van der Waals surface area contributed by atoms with Gasteiger partial charge >= 0.3 is 12.2 Å². The summed E-state index contributed by atoms with van der Waals surface area (Å²) in [5, 5.41) is 3.95. The molecule has 0 aromatic heterocycles. The fraction of sp³-hybridized carbons (Fsp3) is 0.558. The van der Waals surface area contributed by atoms with Crippen LogP contribution in [-0.2, 0) is 60.8 Å². The first-order valence-electron chi connectivity index (χ1n) is 20.5. The van der Waals surface area contributed by atoms with Crippen molar-refractivity contribution in [1.29, 1.82) is 0 Å². The first kappa shape index (κ1) is 48.2. The second-order valence-corrected chi connectivity index (χ2v) is 19.8. The summed E-state index contributed by atoms with van der Waals surface area (Å²) in [5.41, 5.74) is 8.49. The number of sulfone groups is 1. The van der Waals surface area contributed by atoms with Crippen LogP contribution in [0.4, 0.5) is 15.3 Å². The minimum Gasteiger partial charge on any atom is -0.496 e.